The first-order chi connectivity index (χ1) is 10.7. The number of pyridine rings is 1. The first-order valence-electron chi connectivity index (χ1n) is 7.93. The monoisotopic (exact) mass is 298 g/mol. The molecule has 1 N–H and O–H groups in total. The van der Waals surface area contributed by atoms with Crippen molar-refractivity contribution in [3.05, 3.63) is 47.5 Å². The zero-order valence-corrected chi connectivity index (χ0v) is 13.1. The SMILES string of the molecule is CC(C)c1cc(C(=O)N2CCCC[C@H]2c2cccnc2)n[nH]1. The van der Waals surface area contributed by atoms with Gasteiger partial charge in [-0.3, -0.25) is 14.9 Å². The number of aromatic nitrogens is 3. The third-order valence-corrected chi connectivity index (χ3v) is 4.27. The maximum atomic E-state index is 12.8. The van der Waals surface area contributed by atoms with Crippen LogP contribution in [0.5, 0.6) is 0 Å². The van der Waals surface area contributed by atoms with Crippen molar-refractivity contribution in [2.75, 3.05) is 6.54 Å². The Bertz CT molecular complexity index is 635. The molecule has 1 saturated heterocycles. The van der Waals surface area contributed by atoms with Crippen molar-refractivity contribution in [3.63, 3.8) is 0 Å². The summed E-state index contributed by atoms with van der Waals surface area (Å²) in [7, 11) is 0. The fraction of sp³-hybridized carbons (Fsp3) is 0.471. The molecule has 0 unspecified atom stereocenters. The maximum Gasteiger partial charge on any atom is 0.274 e. The highest BCUT2D eigenvalue weighted by Crippen LogP contribution is 2.31. The average Bonchev–Trinajstić information content (AvgIpc) is 3.05. The van der Waals surface area contributed by atoms with E-state index in [2.05, 4.69) is 29.0 Å². The lowest BCUT2D eigenvalue weighted by Crippen LogP contribution is -2.38. The molecule has 2 aromatic rings. The number of nitrogens with zero attached hydrogens (tertiary/aromatic N) is 3. The Morgan fingerprint density at radius 2 is 2.27 bits per heavy atom. The number of carbonyl (C=O) groups is 1. The van der Waals surface area contributed by atoms with Gasteiger partial charge in [-0.25, -0.2) is 0 Å². The van der Waals surface area contributed by atoms with E-state index in [0.717, 1.165) is 37.1 Å². The normalized spacial score (nSPS) is 18.7. The van der Waals surface area contributed by atoms with E-state index in [1.54, 1.807) is 6.20 Å². The van der Waals surface area contributed by atoms with E-state index in [1.807, 2.05) is 29.3 Å². The molecule has 0 radical (unpaired) electrons. The van der Waals surface area contributed by atoms with Crippen molar-refractivity contribution in [2.24, 2.45) is 0 Å². The minimum Gasteiger partial charge on any atom is -0.330 e. The van der Waals surface area contributed by atoms with Crippen molar-refractivity contribution >= 4 is 5.91 Å². The summed E-state index contributed by atoms with van der Waals surface area (Å²) in [5, 5.41) is 7.18. The second-order valence-corrected chi connectivity index (χ2v) is 6.16. The predicted molar refractivity (Wildman–Crippen MR) is 84.5 cm³/mol. The van der Waals surface area contributed by atoms with Crippen LogP contribution in [0.1, 0.15) is 66.8 Å². The van der Waals surface area contributed by atoms with Crippen LogP contribution in [0.25, 0.3) is 0 Å². The second kappa shape index (κ2) is 6.30. The van der Waals surface area contributed by atoms with Gasteiger partial charge in [0.25, 0.3) is 5.91 Å². The minimum atomic E-state index is 0.0108. The Balaban J connectivity index is 1.85. The molecule has 0 aliphatic carbocycles. The van der Waals surface area contributed by atoms with E-state index in [1.165, 1.54) is 0 Å². The number of H-pyrrole nitrogens is 1. The molecule has 1 aliphatic rings. The number of likely N-dealkylation sites (tertiary alicyclic amines) is 1. The lowest BCUT2D eigenvalue weighted by Gasteiger charge is -2.35. The van der Waals surface area contributed by atoms with Gasteiger partial charge in [0.15, 0.2) is 0 Å². The summed E-state index contributed by atoms with van der Waals surface area (Å²) in [5.74, 6) is 0.348. The fourth-order valence-corrected chi connectivity index (χ4v) is 2.98. The topological polar surface area (TPSA) is 61.9 Å². The van der Waals surface area contributed by atoms with E-state index < -0.39 is 0 Å². The molecule has 5 nitrogen and oxygen atoms in total. The summed E-state index contributed by atoms with van der Waals surface area (Å²) in [6, 6.07) is 5.96. The van der Waals surface area contributed by atoms with Gasteiger partial charge in [0, 0.05) is 24.6 Å². The molecule has 0 aromatic carbocycles. The number of nitrogens with one attached hydrogen (secondary N) is 1. The molecule has 1 atom stereocenters. The largest absolute Gasteiger partial charge is 0.330 e. The molecule has 22 heavy (non-hydrogen) atoms. The highest BCUT2D eigenvalue weighted by atomic mass is 16.2. The quantitative estimate of drug-likeness (QED) is 0.945. The summed E-state index contributed by atoms with van der Waals surface area (Å²) >= 11 is 0. The van der Waals surface area contributed by atoms with Gasteiger partial charge < -0.3 is 4.90 Å². The molecular weight excluding hydrogens is 276 g/mol. The smallest absolute Gasteiger partial charge is 0.274 e. The Labute approximate surface area is 130 Å². The summed E-state index contributed by atoms with van der Waals surface area (Å²) < 4.78 is 0. The molecule has 1 aliphatic heterocycles. The molecule has 116 valence electrons. The first kappa shape index (κ1) is 14.8. The second-order valence-electron chi connectivity index (χ2n) is 6.16. The Hall–Kier alpha value is -2.17. The molecule has 3 heterocycles. The average molecular weight is 298 g/mol. The molecule has 1 fully saturated rings. The van der Waals surface area contributed by atoms with Crippen LogP contribution in [0.2, 0.25) is 0 Å². The van der Waals surface area contributed by atoms with Gasteiger partial charge in [0.2, 0.25) is 0 Å². The van der Waals surface area contributed by atoms with Gasteiger partial charge >= 0.3 is 0 Å². The zero-order chi connectivity index (χ0) is 15.5. The Morgan fingerprint density at radius 3 is 2.95 bits per heavy atom. The number of amides is 1. The summed E-state index contributed by atoms with van der Waals surface area (Å²) in [6.45, 7) is 4.95. The van der Waals surface area contributed by atoms with E-state index in [0.29, 0.717) is 11.6 Å². The number of carbonyl (C=O) groups excluding carboxylic acids is 1. The molecule has 3 rings (SSSR count). The van der Waals surface area contributed by atoms with Gasteiger partial charge in [-0.05, 0) is 42.9 Å². The minimum absolute atomic E-state index is 0.0108. The lowest BCUT2D eigenvalue weighted by molar-refractivity contribution is 0.0605. The van der Waals surface area contributed by atoms with Crippen LogP contribution in [-0.4, -0.2) is 32.5 Å². The number of hydrogen-bond donors (Lipinski definition) is 1. The van der Waals surface area contributed by atoms with Crippen LogP contribution in [0.4, 0.5) is 0 Å². The number of hydrogen-bond acceptors (Lipinski definition) is 3. The van der Waals surface area contributed by atoms with Crippen molar-refractivity contribution in [3.8, 4) is 0 Å². The first-order valence-corrected chi connectivity index (χ1v) is 7.93. The predicted octanol–water partition coefficient (Wildman–Crippen LogP) is 3.30. The van der Waals surface area contributed by atoms with Gasteiger partial charge in [0.05, 0.1) is 6.04 Å². The number of aromatic amines is 1. The molecule has 0 bridgehead atoms. The Morgan fingerprint density at radius 1 is 1.41 bits per heavy atom. The number of rotatable bonds is 3. The highest BCUT2D eigenvalue weighted by molar-refractivity contribution is 5.92. The fourth-order valence-electron chi connectivity index (χ4n) is 2.98. The van der Waals surface area contributed by atoms with Crippen molar-refractivity contribution in [1.82, 2.24) is 20.1 Å². The summed E-state index contributed by atoms with van der Waals surface area (Å²) in [5.41, 5.74) is 2.62. The van der Waals surface area contributed by atoms with Crippen LogP contribution >= 0.6 is 0 Å². The van der Waals surface area contributed by atoms with Gasteiger partial charge in [-0.2, -0.15) is 5.10 Å². The van der Waals surface area contributed by atoms with E-state index in [4.69, 9.17) is 0 Å². The van der Waals surface area contributed by atoms with Crippen LogP contribution < -0.4 is 0 Å². The molecule has 1 amide bonds. The lowest BCUT2D eigenvalue weighted by atomic mass is 9.96. The third-order valence-electron chi connectivity index (χ3n) is 4.27. The van der Waals surface area contributed by atoms with Crippen LogP contribution in [0.15, 0.2) is 30.6 Å². The van der Waals surface area contributed by atoms with E-state index in [9.17, 15) is 4.79 Å². The molecule has 2 aromatic heterocycles. The number of piperidine rings is 1. The van der Waals surface area contributed by atoms with Crippen molar-refractivity contribution < 1.29 is 4.79 Å². The van der Waals surface area contributed by atoms with Crippen LogP contribution in [0.3, 0.4) is 0 Å². The molecule has 0 spiro atoms. The van der Waals surface area contributed by atoms with Gasteiger partial charge in [0.1, 0.15) is 5.69 Å². The highest BCUT2D eigenvalue weighted by Gasteiger charge is 2.30. The van der Waals surface area contributed by atoms with E-state index >= 15 is 0 Å². The summed E-state index contributed by atoms with van der Waals surface area (Å²) in [6.07, 6.45) is 6.80. The van der Waals surface area contributed by atoms with Gasteiger partial charge in [-0.15, -0.1) is 0 Å². The van der Waals surface area contributed by atoms with Crippen LogP contribution in [-0.2, 0) is 0 Å². The van der Waals surface area contributed by atoms with Gasteiger partial charge in [-0.1, -0.05) is 19.9 Å². The maximum absolute atomic E-state index is 12.8. The third kappa shape index (κ3) is 2.89. The summed E-state index contributed by atoms with van der Waals surface area (Å²) in [4.78, 5) is 19.0. The van der Waals surface area contributed by atoms with Crippen molar-refractivity contribution in [1.29, 1.82) is 0 Å². The van der Waals surface area contributed by atoms with E-state index in [-0.39, 0.29) is 11.9 Å². The van der Waals surface area contributed by atoms with Crippen LogP contribution in [0, 0.1) is 0 Å². The molecule has 0 saturated carbocycles. The molecular formula is C17H22N4O. The standard InChI is InChI=1S/C17H22N4O/c1-12(2)14-10-15(20-19-14)17(22)21-9-4-3-7-16(21)13-6-5-8-18-11-13/h5-6,8,10-12,16H,3-4,7,9H2,1-2H3,(H,19,20)/t16-/m0/s1. The molecule has 5 heteroatoms. The zero-order valence-electron chi connectivity index (χ0n) is 13.1. The van der Waals surface area contributed by atoms with Crippen molar-refractivity contribution in [2.45, 2.75) is 45.1 Å². The Kier molecular flexibility index (Phi) is 4.22.